The first-order valence-corrected chi connectivity index (χ1v) is 8.40. The van der Waals surface area contributed by atoms with Gasteiger partial charge in [-0.2, -0.15) is 0 Å². The van der Waals surface area contributed by atoms with Gasteiger partial charge in [-0.25, -0.2) is 8.42 Å². The Hall–Kier alpha value is -0.780. The van der Waals surface area contributed by atoms with Crippen LogP contribution in [0.1, 0.15) is 25.5 Å². The van der Waals surface area contributed by atoms with Crippen LogP contribution in [0.15, 0.2) is 18.2 Å². The first-order valence-electron chi connectivity index (χ1n) is 6.07. The van der Waals surface area contributed by atoms with Crippen molar-refractivity contribution in [2.24, 2.45) is 0 Å². The molecule has 0 amide bonds. The summed E-state index contributed by atoms with van der Waals surface area (Å²) in [6.45, 7) is 4.27. The molecule has 0 fully saturated rings. The summed E-state index contributed by atoms with van der Waals surface area (Å²) < 4.78 is 28.9. The molecule has 0 aromatic heterocycles. The summed E-state index contributed by atoms with van der Waals surface area (Å²) in [5.74, 6) is 0.630. The Morgan fingerprint density at radius 2 is 2.05 bits per heavy atom. The van der Waals surface area contributed by atoms with Crippen molar-refractivity contribution in [3.8, 4) is 5.75 Å². The molecule has 19 heavy (non-hydrogen) atoms. The smallest absolute Gasteiger partial charge is 0.151 e. The molecule has 0 bridgehead atoms. The second-order valence-electron chi connectivity index (χ2n) is 4.46. The normalized spacial score (nSPS) is 15.0. The number of hydrogen-bond donors (Lipinski definition) is 1. The Morgan fingerprint density at radius 3 is 2.53 bits per heavy atom. The third-order valence-electron chi connectivity index (χ3n) is 3.10. The zero-order valence-corrected chi connectivity index (χ0v) is 13.2. The van der Waals surface area contributed by atoms with E-state index in [1.807, 2.05) is 6.92 Å². The number of benzene rings is 1. The molecule has 1 N–H and O–H groups in total. The first kappa shape index (κ1) is 16.3. The van der Waals surface area contributed by atoms with Crippen molar-refractivity contribution in [1.82, 2.24) is 5.32 Å². The van der Waals surface area contributed by atoms with E-state index in [9.17, 15) is 8.42 Å². The fourth-order valence-corrected chi connectivity index (χ4v) is 2.86. The van der Waals surface area contributed by atoms with Crippen molar-refractivity contribution in [3.63, 3.8) is 0 Å². The first-order chi connectivity index (χ1) is 8.81. The maximum Gasteiger partial charge on any atom is 0.151 e. The van der Waals surface area contributed by atoms with Crippen molar-refractivity contribution in [1.29, 1.82) is 0 Å². The zero-order valence-electron chi connectivity index (χ0n) is 11.6. The lowest BCUT2D eigenvalue weighted by atomic mass is 10.0. The molecule has 0 spiro atoms. The van der Waals surface area contributed by atoms with Gasteiger partial charge in [0, 0.05) is 16.8 Å². The van der Waals surface area contributed by atoms with E-state index in [0.29, 0.717) is 17.3 Å². The Morgan fingerprint density at radius 1 is 1.42 bits per heavy atom. The van der Waals surface area contributed by atoms with Gasteiger partial charge in [0.1, 0.15) is 5.75 Å². The monoisotopic (exact) mass is 305 g/mol. The maximum absolute atomic E-state index is 11.8. The number of hydrogen-bond acceptors (Lipinski definition) is 4. The van der Waals surface area contributed by atoms with Gasteiger partial charge >= 0.3 is 0 Å². The van der Waals surface area contributed by atoms with Crippen LogP contribution in [0.25, 0.3) is 0 Å². The Kier molecular flexibility index (Phi) is 5.64. The largest absolute Gasteiger partial charge is 0.496 e. The molecule has 1 aromatic carbocycles. The van der Waals surface area contributed by atoms with Crippen LogP contribution in [0.4, 0.5) is 0 Å². The fourth-order valence-electron chi connectivity index (χ4n) is 1.94. The molecule has 0 saturated heterocycles. The van der Waals surface area contributed by atoms with Crippen LogP contribution in [0.5, 0.6) is 5.75 Å². The van der Waals surface area contributed by atoms with Gasteiger partial charge in [-0.1, -0.05) is 18.5 Å². The Bertz CT molecular complexity index is 531. The van der Waals surface area contributed by atoms with Crippen LogP contribution in [0, 0.1) is 0 Å². The van der Waals surface area contributed by atoms with Crippen molar-refractivity contribution in [2.45, 2.75) is 25.1 Å². The number of nitrogens with one attached hydrogen (secondary N) is 1. The van der Waals surface area contributed by atoms with E-state index in [2.05, 4.69) is 5.32 Å². The van der Waals surface area contributed by atoms with Crippen molar-refractivity contribution < 1.29 is 13.2 Å². The number of methoxy groups -OCH3 is 1. The van der Waals surface area contributed by atoms with E-state index in [-0.39, 0.29) is 6.04 Å². The average molecular weight is 306 g/mol. The molecule has 2 unspecified atom stereocenters. The molecular weight excluding hydrogens is 286 g/mol. The van der Waals surface area contributed by atoms with Crippen LogP contribution < -0.4 is 10.1 Å². The van der Waals surface area contributed by atoms with E-state index in [1.165, 1.54) is 6.26 Å². The van der Waals surface area contributed by atoms with Crippen LogP contribution in [0.2, 0.25) is 5.02 Å². The Labute approximate surface area is 120 Å². The van der Waals surface area contributed by atoms with Gasteiger partial charge in [0.25, 0.3) is 0 Å². The molecule has 0 aliphatic heterocycles. The quantitative estimate of drug-likeness (QED) is 0.877. The lowest BCUT2D eigenvalue weighted by Gasteiger charge is -2.25. The van der Waals surface area contributed by atoms with Gasteiger partial charge in [-0.15, -0.1) is 0 Å². The lowest BCUT2D eigenvalue weighted by molar-refractivity contribution is 0.398. The van der Waals surface area contributed by atoms with Crippen molar-refractivity contribution >= 4 is 21.4 Å². The molecule has 0 aliphatic rings. The van der Waals surface area contributed by atoms with Crippen molar-refractivity contribution in [2.75, 3.05) is 19.9 Å². The molecule has 0 heterocycles. The highest BCUT2D eigenvalue weighted by Gasteiger charge is 2.29. The predicted molar refractivity (Wildman–Crippen MR) is 78.7 cm³/mol. The van der Waals surface area contributed by atoms with E-state index in [1.54, 1.807) is 32.2 Å². The van der Waals surface area contributed by atoms with Gasteiger partial charge in [0.05, 0.1) is 18.4 Å². The lowest BCUT2D eigenvalue weighted by Crippen LogP contribution is -2.35. The number of halogens is 1. The van der Waals surface area contributed by atoms with Crippen LogP contribution in [-0.4, -0.2) is 33.6 Å². The SMILES string of the molecule is CCNC(c1cc(Cl)ccc1OC)C(C)S(C)(=O)=O. The highest BCUT2D eigenvalue weighted by atomic mass is 35.5. The summed E-state index contributed by atoms with van der Waals surface area (Å²) in [5, 5.41) is 3.17. The molecular formula is C13H20ClNO3S. The van der Waals surface area contributed by atoms with E-state index >= 15 is 0 Å². The van der Waals surface area contributed by atoms with Gasteiger partial charge in [0.2, 0.25) is 0 Å². The van der Waals surface area contributed by atoms with Gasteiger partial charge < -0.3 is 10.1 Å². The zero-order chi connectivity index (χ0) is 14.6. The minimum absolute atomic E-state index is 0.353. The molecule has 1 aromatic rings. The Balaban J connectivity index is 3.29. The average Bonchev–Trinajstić information content (AvgIpc) is 2.34. The number of sulfone groups is 1. The van der Waals surface area contributed by atoms with Crippen LogP contribution in [-0.2, 0) is 9.84 Å². The topological polar surface area (TPSA) is 55.4 Å². The summed E-state index contributed by atoms with van der Waals surface area (Å²) in [4.78, 5) is 0. The minimum Gasteiger partial charge on any atom is -0.496 e. The highest BCUT2D eigenvalue weighted by molar-refractivity contribution is 7.91. The molecule has 6 heteroatoms. The number of ether oxygens (including phenoxy) is 1. The molecule has 0 radical (unpaired) electrons. The second-order valence-corrected chi connectivity index (χ2v) is 7.30. The third-order valence-corrected chi connectivity index (χ3v) is 4.95. The number of rotatable bonds is 6. The second kappa shape index (κ2) is 6.59. The molecule has 108 valence electrons. The molecule has 0 aliphatic carbocycles. The standard InChI is InChI=1S/C13H20ClNO3S/c1-5-15-13(9(2)19(4,16)17)11-8-10(14)6-7-12(11)18-3/h6-9,13,15H,5H2,1-4H3. The molecule has 2 atom stereocenters. The maximum atomic E-state index is 11.8. The summed E-state index contributed by atoms with van der Waals surface area (Å²) in [5.41, 5.74) is 0.759. The van der Waals surface area contributed by atoms with Gasteiger partial charge in [-0.3, -0.25) is 0 Å². The van der Waals surface area contributed by atoms with Crippen LogP contribution in [0.3, 0.4) is 0 Å². The van der Waals surface area contributed by atoms with E-state index in [0.717, 1.165) is 5.56 Å². The summed E-state index contributed by atoms with van der Waals surface area (Å²) >= 11 is 6.00. The fraction of sp³-hybridized carbons (Fsp3) is 0.538. The van der Waals surface area contributed by atoms with E-state index in [4.69, 9.17) is 16.3 Å². The minimum atomic E-state index is -3.17. The van der Waals surface area contributed by atoms with Crippen LogP contribution >= 0.6 is 11.6 Å². The third kappa shape index (κ3) is 4.09. The van der Waals surface area contributed by atoms with Crippen molar-refractivity contribution in [3.05, 3.63) is 28.8 Å². The predicted octanol–water partition coefficient (Wildman–Crippen LogP) is 2.43. The molecule has 1 rings (SSSR count). The molecule has 4 nitrogen and oxygen atoms in total. The van der Waals surface area contributed by atoms with Gasteiger partial charge in [-0.05, 0) is 31.7 Å². The summed E-state index contributed by atoms with van der Waals surface area (Å²) in [7, 11) is -1.61. The summed E-state index contributed by atoms with van der Waals surface area (Å²) in [6, 6.07) is 4.86. The highest BCUT2D eigenvalue weighted by Crippen LogP contribution is 2.32. The molecule has 0 saturated carbocycles. The summed E-state index contributed by atoms with van der Waals surface area (Å²) in [6.07, 6.45) is 1.24. The van der Waals surface area contributed by atoms with Gasteiger partial charge in [0.15, 0.2) is 9.84 Å². The van der Waals surface area contributed by atoms with E-state index < -0.39 is 15.1 Å².